The van der Waals surface area contributed by atoms with Crippen molar-refractivity contribution in [2.24, 2.45) is 0 Å². The molecule has 0 spiro atoms. The summed E-state index contributed by atoms with van der Waals surface area (Å²) in [7, 11) is 0. The fourth-order valence-electron chi connectivity index (χ4n) is 2.81. The zero-order valence-corrected chi connectivity index (χ0v) is 20.5. The summed E-state index contributed by atoms with van der Waals surface area (Å²) in [5.74, 6) is -0.730. The number of ketones is 2. The summed E-state index contributed by atoms with van der Waals surface area (Å²) in [4.78, 5) is 47.7. The van der Waals surface area contributed by atoms with Crippen LogP contribution in [0.5, 0.6) is 11.5 Å². The van der Waals surface area contributed by atoms with Crippen LogP contribution in [0.4, 0.5) is 0 Å². The van der Waals surface area contributed by atoms with Crippen molar-refractivity contribution in [2.75, 3.05) is 26.4 Å². The van der Waals surface area contributed by atoms with Gasteiger partial charge in [-0.1, -0.05) is 27.0 Å². The highest BCUT2D eigenvalue weighted by Gasteiger charge is 2.11. The molecule has 0 amide bonds. The largest absolute Gasteiger partial charge is 0.482 e. The number of esters is 2. The van der Waals surface area contributed by atoms with Crippen LogP contribution in [0.15, 0.2) is 72.8 Å². The fraction of sp³-hybridized carbons (Fsp3) is 0.286. The molecule has 0 bridgehead atoms. The maximum absolute atomic E-state index is 12.1. The molecule has 0 heterocycles. The van der Waals surface area contributed by atoms with Gasteiger partial charge in [0.25, 0.3) is 0 Å². The lowest BCUT2D eigenvalue weighted by atomic mass is 10.0. The summed E-state index contributed by atoms with van der Waals surface area (Å²) in [5.41, 5.74) is 2.02. The second-order valence-electron chi connectivity index (χ2n) is 7.64. The number of hydrogen-bond donors (Lipinski definition) is 0. The highest BCUT2D eigenvalue weighted by molar-refractivity contribution is 6.08. The summed E-state index contributed by atoms with van der Waals surface area (Å²) in [6, 6.07) is 12.7. The minimum atomic E-state index is -0.637. The van der Waals surface area contributed by atoms with Gasteiger partial charge in [-0.2, -0.15) is 0 Å². The Morgan fingerprint density at radius 3 is 1.25 bits per heavy atom. The molecule has 2 aromatic rings. The molecule has 2 aromatic carbocycles. The molecule has 2 rings (SSSR count). The van der Waals surface area contributed by atoms with Crippen LogP contribution in [0.1, 0.15) is 47.4 Å². The molecule has 36 heavy (non-hydrogen) atoms. The van der Waals surface area contributed by atoms with Crippen molar-refractivity contribution in [3.05, 3.63) is 84.0 Å². The van der Waals surface area contributed by atoms with Crippen LogP contribution in [0.25, 0.3) is 0 Å². The van der Waals surface area contributed by atoms with Gasteiger partial charge in [-0.05, 0) is 72.5 Å². The Bertz CT molecular complexity index is 1010. The van der Waals surface area contributed by atoms with Crippen molar-refractivity contribution in [2.45, 2.75) is 26.7 Å². The van der Waals surface area contributed by atoms with Gasteiger partial charge in [-0.15, -0.1) is 0 Å². The Balaban J connectivity index is 1.62. The third kappa shape index (κ3) is 8.87. The lowest BCUT2D eigenvalue weighted by Crippen LogP contribution is -2.21. The number of allylic oxidation sites excluding steroid dienone is 2. The average molecular weight is 495 g/mol. The highest BCUT2D eigenvalue weighted by Crippen LogP contribution is 2.17. The van der Waals surface area contributed by atoms with Crippen LogP contribution < -0.4 is 9.47 Å². The van der Waals surface area contributed by atoms with Gasteiger partial charge in [0, 0.05) is 11.1 Å². The van der Waals surface area contributed by atoms with E-state index in [2.05, 4.69) is 13.2 Å². The molecule has 0 aromatic heterocycles. The first-order chi connectivity index (χ1) is 17.2. The number of carbonyl (C=O) groups is 4. The fourth-order valence-corrected chi connectivity index (χ4v) is 2.81. The molecule has 0 fully saturated rings. The van der Waals surface area contributed by atoms with Gasteiger partial charge in [0.2, 0.25) is 0 Å². The van der Waals surface area contributed by atoms with E-state index in [1.165, 1.54) is 0 Å². The van der Waals surface area contributed by atoms with E-state index < -0.39 is 11.9 Å². The van der Waals surface area contributed by atoms with Crippen LogP contribution in [0.2, 0.25) is 0 Å². The average Bonchev–Trinajstić information content (AvgIpc) is 2.91. The number of carbonyl (C=O) groups excluding carboxylic acids is 4. The van der Waals surface area contributed by atoms with E-state index in [9.17, 15) is 19.2 Å². The molecular formula is C28H30O8. The number of rotatable bonds is 15. The van der Waals surface area contributed by atoms with Gasteiger partial charge in [0.1, 0.15) is 24.7 Å². The Labute approximate surface area is 210 Å². The summed E-state index contributed by atoms with van der Waals surface area (Å²) in [5, 5.41) is 0. The molecule has 0 aliphatic heterocycles. The number of ether oxygens (including phenoxy) is 4. The van der Waals surface area contributed by atoms with Crippen LogP contribution in [-0.2, 0) is 19.1 Å². The SMILES string of the molecule is C=C(CC)C(=O)c1ccc(OCC(=O)OCCOC(=O)COc2ccc(C(=O)C(=C)CC)cc2)cc1. The van der Waals surface area contributed by atoms with Gasteiger partial charge in [-0.3, -0.25) is 9.59 Å². The molecule has 0 radical (unpaired) electrons. The quantitative estimate of drug-likeness (QED) is 0.154. The van der Waals surface area contributed by atoms with Gasteiger partial charge in [-0.25, -0.2) is 9.59 Å². The molecule has 0 unspecified atom stereocenters. The molecule has 0 saturated heterocycles. The molecule has 0 aliphatic rings. The van der Waals surface area contributed by atoms with Crippen LogP contribution in [0, 0.1) is 0 Å². The first-order valence-electron chi connectivity index (χ1n) is 11.5. The summed E-state index contributed by atoms with van der Waals surface area (Å²) >= 11 is 0. The Morgan fingerprint density at radius 1 is 0.611 bits per heavy atom. The first kappa shape index (κ1) is 28.0. The van der Waals surface area contributed by atoms with E-state index in [0.29, 0.717) is 46.6 Å². The van der Waals surface area contributed by atoms with Gasteiger partial charge < -0.3 is 18.9 Å². The predicted octanol–water partition coefficient (Wildman–Crippen LogP) is 4.53. The maximum atomic E-state index is 12.1. The van der Waals surface area contributed by atoms with Gasteiger partial charge in [0.05, 0.1) is 0 Å². The smallest absolute Gasteiger partial charge is 0.344 e. The molecule has 0 atom stereocenters. The van der Waals surface area contributed by atoms with E-state index in [0.717, 1.165) is 0 Å². The summed E-state index contributed by atoms with van der Waals surface area (Å²) < 4.78 is 20.6. The zero-order valence-electron chi connectivity index (χ0n) is 20.5. The van der Waals surface area contributed by atoms with E-state index >= 15 is 0 Å². The molecule has 190 valence electrons. The zero-order chi connectivity index (χ0) is 26.5. The van der Waals surface area contributed by atoms with E-state index in [1.807, 2.05) is 13.8 Å². The topological polar surface area (TPSA) is 105 Å². The third-order valence-electron chi connectivity index (χ3n) is 5.05. The lowest BCUT2D eigenvalue weighted by molar-refractivity contribution is -0.154. The van der Waals surface area contributed by atoms with Crippen molar-refractivity contribution >= 4 is 23.5 Å². The van der Waals surface area contributed by atoms with Crippen molar-refractivity contribution in [3.8, 4) is 11.5 Å². The molecule has 0 N–H and O–H groups in total. The maximum Gasteiger partial charge on any atom is 0.344 e. The number of Topliss-reactive ketones (excluding diaryl/α,β-unsaturated/α-hetero) is 2. The Morgan fingerprint density at radius 2 is 0.944 bits per heavy atom. The lowest BCUT2D eigenvalue weighted by Gasteiger charge is -2.09. The minimum absolute atomic E-state index is 0.133. The molecule has 8 nitrogen and oxygen atoms in total. The van der Waals surface area contributed by atoms with Crippen molar-refractivity contribution in [1.29, 1.82) is 0 Å². The van der Waals surface area contributed by atoms with Crippen LogP contribution >= 0.6 is 0 Å². The normalized spacial score (nSPS) is 10.2. The standard InChI is InChI=1S/C28H30O8/c1-5-19(3)27(31)21-7-11-23(12-8-21)35-17-25(29)33-15-16-34-26(30)18-36-24-13-9-22(10-14-24)28(32)20(4)6-2/h7-14H,3-6,15-18H2,1-2H3. The number of hydrogen-bond acceptors (Lipinski definition) is 8. The highest BCUT2D eigenvalue weighted by atomic mass is 16.6. The minimum Gasteiger partial charge on any atom is -0.482 e. The summed E-state index contributed by atoms with van der Waals surface area (Å²) in [6.45, 7) is 10.2. The van der Waals surface area contributed by atoms with Crippen molar-refractivity contribution in [1.82, 2.24) is 0 Å². The second kappa shape index (κ2) is 14.3. The number of benzene rings is 2. The van der Waals surface area contributed by atoms with Gasteiger partial charge >= 0.3 is 11.9 Å². The van der Waals surface area contributed by atoms with Crippen LogP contribution in [0.3, 0.4) is 0 Å². The second-order valence-corrected chi connectivity index (χ2v) is 7.64. The van der Waals surface area contributed by atoms with E-state index in [4.69, 9.17) is 18.9 Å². The van der Waals surface area contributed by atoms with Crippen LogP contribution in [-0.4, -0.2) is 49.9 Å². The Kier molecular flexibility index (Phi) is 11.1. The van der Waals surface area contributed by atoms with E-state index in [-0.39, 0.29) is 38.0 Å². The van der Waals surface area contributed by atoms with Gasteiger partial charge in [0.15, 0.2) is 24.8 Å². The third-order valence-corrected chi connectivity index (χ3v) is 5.05. The molecular weight excluding hydrogens is 464 g/mol. The van der Waals surface area contributed by atoms with E-state index in [1.54, 1.807) is 48.5 Å². The Hall–Kier alpha value is -4.20. The molecule has 0 saturated carbocycles. The molecule has 8 heteroatoms. The monoisotopic (exact) mass is 494 g/mol. The first-order valence-corrected chi connectivity index (χ1v) is 11.5. The summed E-state index contributed by atoms with van der Waals surface area (Å²) in [6.07, 6.45) is 1.14. The van der Waals surface area contributed by atoms with Crippen molar-refractivity contribution in [3.63, 3.8) is 0 Å². The predicted molar refractivity (Wildman–Crippen MR) is 133 cm³/mol. The van der Waals surface area contributed by atoms with Crippen molar-refractivity contribution < 1.29 is 38.1 Å². The molecule has 0 aliphatic carbocycles.